The lowest BCUT2D eigenvalue weighted by atomic mass is 9.91. The molecule has 0 saturated carbocycles. The van der Waals surface area contributed by atoms with E-state index < -0.39 is 6.04 Å². The van der Waals surface area contributed by atoms with Gasteiger partial charge in [-0.2, -0.15) is 0 Å². The number of carbonyl (C=O) groups excluding carboxylic acids is 2. The molecule has 0 aliphatic carbocycles. The number of amides is 1. The molecule has 172 valence electrons. The SMILES string of the molecule is Cc1cc2ccc(CC(=O)[C@H](Cc3ccccc3)N3CCc4cc(CN)ccc4C3=O)cc2s1. The molecule has 1 aromatic heterocycles. The number of benzene rings is 3. The fraction of sp³-hybridized carbons (Fsp3) is 0.241. The topological polar surface area (TPSA) is 63.4 Å². The van der Waals surface area contributed by atoms with Crippen molar-refractivity contribution in [1.29, 1.82) is 0 Å². The minimum Gasteiger partial charge on any atom is -0.328 e. The summed E-state index contributed by atoms with van der Waals surface area (Å²) in [5.41, 5.74) is 10.6. The van der Waals surface area contributed by atoms with Gasteiger partial charge in [-0.15, -0.1) is 11.3 Å². The van der Waals surface area contributed by atoms with Crippen molar-refractivity contribution in [3.8, 4) is 0 Å². The van der Waals surface area contributed by atoms with E-state index in [4.69, 9.17) is 5.73 Å². The molecule has 0 bridgehead atoms. The minimum atomic E-state index is -0.502. The van der Waals surface area contributed by atoms with Gasteiger partial charge in [0.1, 0.15) is 0 Å². The molecule has 1 atom stereocenters. The van der Waals surface area contributed by atoms with Crippen LogP contribution in [0.15, 0.2) is 72.8 Å². The number of nitrogens with two attached hydrogens (primary N) is 1. The smallest absolute Gasteiger partial charge is 0.254 e. The number of fused-ring (bicyclic) bond motifs is 2. The molecule has 0 saturated heterocycles. The molecule has 1 aliphatic heterocycles. The summed E-state index contributed by atoms with van der Waals surface area (Å²) in [7, 11) is 0. The second-order valence-corrected chi connectivity index (χ2v) is 10.3. The zero-order chi connectivity index (χ0) is 23.7. The Morgan fingerprint density at radius 2 is 1.79 bits per heavy atom. The summed E-state index contributed by atoms with van der Waals surface area (Å²) < 4.78 is 1.20. The standard InChI is InChI=1S/C29H28N2O2S/c1-19-13-24-9-7-21(17-28(24)34-19)16-27(32)26(15-20-5-3-2-4-6-20)31-12-11-23-14-22(18-30)8-10-25(23)29(31)33/h2-10,13-14,17,26H,11-12,15-16,18,30H2,1H3/t26-/m0/s1. The van der Waals surface area contributed by atoms with E-state index in [9.17, 15) is 9.59 Å². The van der Waals surface area contributed by atoms with Gasteiger partial charge in [-0.3, -0.25) is 9.59 Å². The Balaban J connectivity index is 1.44. The second kappa shape index (κ2) is 9.53. The molecule has 34 heavy (non-hydrogen) atoms. The molecule has 5 heteroatoms. The Labute approximate surface area is 204 Å². The average molecular weight is 469 g/mol. The molecule has 0 unspecified atom stereocenters. The molecule has 0 spiro atoms. The number of thiophene rings is 1. The Bertz CT molecular complexity index is 1360. The number of carbonyl (C=O) groups is 2. The highest BCUT2D eigenvalue weighted by Gasteiger charge is 2.34. The van der Waals surface area contributed by atoms with Crippen LogP contribution >= 0.6 is 11.3 Å². The summed E-state index contributed by atoms with van der Waals surface area (Å²) in [6, 6.07) is 23.7. The van der Waals surface area contributed by atoms with Crippen molar-refractivity contribution in [3.05, 3.63) is 105 Å². The molecule has 5 rings (SSSR count). The molecule has 1 amide bonds. The fourth-order valence-electron chi connectivity index (χ4n) is 4.86. The average Bonchev–Trinajstić information content (AvgIpc) is 3.22. The van der Waals surface area contributed by atoms with E-state index in [0.29, 0.717) is 31.5 Å². The second-order valence-electron chi connectivity index (χ2n) is 9.02. The van der Waals surface area contributed by atoms with Crippen molar-refractivity contribution >= 4 is 33.1 Å². The summed E-state index contributed by atoms with van der Waals surface area (Å²) in [6.07, 6.45) is 1.56. The quantitative estimate of drug-likeness (QED) is 0.411. The summed E-state index contributed by atoms with van der Waals surface area (Å²) in [4.78, 5) is 30.3. The van der Waals surface area contributed by atoms with E-state index >= 15 is 0 Å². The Morgan fingerprint density at radius 1 is 1.00 bits per heavy atom. The van der Waals surface area contributed by atoms with Gasteiger partial charge < -0.3 is 10.6 Å². The first-order valence-corrected chi connectivity index (χ1v) is 12.5. The maximum absolute atomic E-state index is 13.7. The molecule has 4 aromatic rings. The predicted molar refractivity (Wildman–Crippen MR) is 138 cm³/mol. The molecule has 1 aliphatic rings. The number of hydrogen-bond donors (Lipinski definition) is 1. The number of hydrogen-bond acceptors (Lipinski definition) is 4. The first-order chi connectivity index (χ1) is 16.5. The predicted octanol–water partition coefficient (Wildman–Crippen LogP) is 5.09. The molecular formula is C29H28N2O2S. The van der Waals surface area contributed by atoms with Gasteiger partial charge in [0.2, 0.25) is 0 Å². The largest absolute Gasteiger partial charge is 0.328 e. The van der Waals surface area contributed by atoms with Crippen molar-refractivity contribution < 1.29 is 9.59 Å². The van der Waals surface area contributed by atoms with E-state index in [1.165, 1.54) is 15.0 Å². The lowest BCUT2D eigenvalue weighted by Gasteiger charge is -2.35. The van der Waals surface area contributed by atoms with Crippen LogP contribution < -0.4 is 5.73 Å². The van der Waals surface area contributed by atoms with E-state index in [-0.39, 0.29) is 11.7 Å². The number of ketones is 1. The molecule has 3 aromatic carbocycles. The minimum absolute atomic E-state index is 0.0663. The third kappa shape index (κ3) is 4.54. The van der Waals surface area contributed by atoms with Crippen LogP contribution in [0.3, 0.4) is 0 Å². The normalized spacial score (nSPS) is 14.3. The van der Waals surface area contributed by atoms with Crippen LogP contribution in [0, 0.1) is 6.92 Å². The number of nitrogens with zero attached hydrogens (tertiary/aromatic N) is 1. The van der Waals surface area contributed by atoms with Crippen molar-refractivity contribution in [2.24, 2.45) is 5.73 Å². The zero-order valence-electron chi connectivity index (χ0n) is 19.3. The maximum atomic E-state index is 13.7. The lowest BCUT2D eigenvalue weighted by molar-refractivity contribution is -0.123. The molecule has 2 N–H and O–H groups in total. The van der Waals surface area contributed by atoms with Crippen LogP contribution in [-0.4, -0.2) is 29.2 Å². The first kappa shape index (κ1) is 22.5. The van der Waals surface area contributed by atoms with Crippen LogP contribution in [-0.2, 0) is 30.6 Å². The number of rotatable bonds is 7. The number of aryl methyl sites for hydroxylation is 1. The van der Waals surface area contributed by atoms with Crippen molar-refractivity contribution in [2.75, 3.05) is 6.54 Å². The van der Waals surface area contributed by atoms with Crippen molar-refractivity contribution in [1.82, 2.24) is 4.90 Å². The van der Waals surface area contributed by atoms with Gasteiger partial charge in [-0.05, 0) is 65.6 Å². The highest BCUT2D eigenvalue weighted by atomic mass is 32.1. The summed E-state index contributed by atoms with van der Waals surface area (Å²) in [5.74, 6) is 0.00953. The van der Waals surface area contributed by atoms with Crippen LogP contribution in [0.4, 0.5) is 0 Å². The van der Waals surface area contributed by atoms with Crippen molar-refractivity contribution in [2.45, 2.75) is 38.8 Å². The number of Topliss-reactive ketones (excluding diaryl/α,β-unsaturated/α-hetero) is 1. The van der Waals surface area contributed by atoms with E-state index in [0.717, 1.165) is 28.7 Å². The molecule has 0 fully saturated rings. The van der Waals surface area contributed by atoms with Crippen LogP contribution in [0.25, 0.3) is 10.1 Å². The lowest BCUT2D eigenvalue weighted by Crippen LogP contribution is -2.50. The first-order valence-electron chi connectivity index (χ1n) is 11.7. The van der Waals surface area contributed by atoms with Gasteiger partial charge in [0, 0.05) is 34.7 Å². The van der Waals surface area contributed by atoms with E-state index in [1.54, 1.807) is 16.2 Å². The fourth-order valence-corrected chi connectivity index (χ4v) is 5.84. The molecule has 2 heterocycles. The van der Waals surface area contributed by atoms with Crippen LogP contribution in [0.2, 0.25) is 0 Å². The highest BCUT2D eigenvalue weighted by molar-refractivity contribution is 7.19. The van der Waals surface area contributed by atoms with Gasteiger partial charge in [-0.25, -0.2) is 0 Å². The van der Waals surface area contributed by atoms with E-state index in [1.807, 2.05) is 54.6 Å². The third-order valence-corrected chi connectivity index (χ3v) is 7.64. The Kier molecular flexibility index (Phi) is 6.31. The van der Waals surface area contributed by atoms with Gasteiger partial charge >= 0.3 is 0 Å². The molecule has 0 radical (unpaired) electrons. The van der Waals surface area contributed by atoms with Gasteiger partial charge in [0.05, 0.1) is 6.04 Å². The summed E-state index contributed by atoms with van der Waals surface area (Å²) in [5, 5.41) is 1.21. The van der Waals surface area contributed by atoms with Crippen LogP contribution in [0.5, 0.6) is 0 Å². The highest BCUT2D eigenvalue weighted by Crippen LogP contribution is 2.28. The maximum Gasteiger partial charge on any atom is 0.254 e. The van der Waals surface area contributed by atoms with E-state index in [2.05, 4.69) is 25.1 Å². The Morgan fingerprint density at radius 3 is 2.59 bits per heavy atom. The monoisotopic (exact) mass is 468 g/mol. The summed E-state index contributed by atoms with van der Waals surface area (Å²) >= 11 is 1.74. The van der Waals surface area contributed by atoms with Crippen molar-refractivity contribution in [3.63, 3.8) is 0 Å². The zero-order valence-corrected chi connectivity index (χ0v) is 20.1. The van der Waals surface area contributed by atoms with Gasteiger partial charge in [-0.1, -0.05) is 54.6 Å². The third-order valence-electron chi connectivity index (χ3n) is 6.62. The van der Waals surface area contributed by atoms with Crippen LogP contribution in [0.1, 0.15) is 37.5 Å². The Hall–Kier alpha value is -3.28. The summed E-state index contributed by atoms with van der Waals surface area (Å²) in [6.45, 7) is 3.09. The van der Waals surface area contributed by atoms with Gasteiger partial charge in [0.25, 0.3) is 5.91 Å². The molecular weight excluding hydrogens is 440 g/mol. The van der Waals surface area contributed by atoms with Gasteiger partial charge in [0.15, 0.2) is 5.78 Å². The molecule has 4 nitrogen and oxygen atoms in total.